The zero-order valence-corrected chi connectivity index (χ0v) is 13.5. The predicted molar refractivity (Wildman–Crippen MR) is 85.9 cm³/mol. The summed E-state index contributed by atoms with van der Waals surface area (Å²) >= 11 is 0. The molecule has 3 nitrogen and oxygen atoms in total. The fourth-order valence-electron chi connectivity index (χ4n) is 3.27. The summed E-state index contributed by atoms with van der Waals surface area (Å²) in [6.07, 6.45) is 3.07. The van der Waals surface area contributed by atoms with Crippen LogP contribution in [0.2, 0.25) is 0 Å². The first-order valence-corrected chi connectivity index (χ1v) is 7.91. The second-order valence-corrected chi connectivity index (χ2v) is 6.31. The molecule has 1 heterocycles. The first-order chi connectivity index (χ1) is 10.1. The molecule has 21 heavy (non-hydrogen) atoms. The highest BCUT2D eigenvalue weighted by molar-refractivity contribution is 5.96. The topological polar surface area (TPSA) is 29.5 Å². The number of likely N-dealkylation sites (tertiary alicyclic amines) is 1. The van der Waals surface area contributed by atoms with Crippen LogP contribution >= 0.6 is 0 Å². The molecule has 0 spiro atoms. The highest BCUT2D eigenvalue weighted by Gasteiger charge is 2.20. The Hall–Kier alpha value is -1.19. The number of benzene rings is 1. The van der Waals surface area contributed by atoms with E-state index in [0.717, 1.165) is 42.9 Å². The van der Waals surface area contributed by atoms with Crippen molar-refractivity contribution in [1.29, 1.82) is 0 Å². The molecule has 1 unspecified atom stereocenters. The minimum absolute atomic E-state index is 0.260. The summed E-state index contributed by atoms with van der Waals surface area (Å²) in [5, 5.41) is 0. The number of ether oxygens (including phenoxy) is 1. The summed E-state index contributed by atoms with van der Waals surface area (Å²) in [6.45, 7) is 7.97. The monoisotopic (exact) mass is 289 g/mol. The molecule has 1 aliphatic rings. The van der Waals surface area contributed by atoms with Crippen molar-refractivity contribution in [2.45, 2.75) is 33.1 Å². The number of rotatable bonds is 6. The SMILES string of the molecule is COCC1CCCN(CCC(=O)c2cc(C)cc(C)c2)C1. The number of Topliss-reactive ketones (excluding diaryl/α,β-unsaturated/α-hetero) is 1. The summed E-state index contributed by atoms with van der Waals surface area (Å²) in [6, 6.07) is 6.11. The van der Waals surface area contributed by atoms with Crippen molar-refractivity contribution < 1.29 is 9.53 Å². The summed E-state index contributed by atoms with van der Waals surface area (Å²) in [4.78, 5) is 14.8. The average molecular weight is 289 g/mol. The van der Waals surface area contributed by atoms with E-state index in [1.54, 1.807) is 7.11 Å². The zero-order chi connectivity index (χ0) is 15.2. The van der Waals surface area contributed by atoms with Gasteiger partial charge in [-0.05, 0) is 51.3 Å². The van der Waals surface area contributed by atoms with Crippen molar-refractivity contribution in [3.63, 3.8) is 0 Å². The van der Waals surface area contributed by atoms with Crippen molar-refractivity contribution in [3.05, 3.63) is 34.9 Å². The van der Waals surface area contributed by atoms with Crippen molar-refractivity contribution >= 4 is 5.78 Å². The molecule has 116 valence electrons. The van der Waals surface area contributed by atoms with Gasteiger partial charge in [-0.25, -0.2) is 0 Å². The Morgan fingerprint density at radius 2 is 2.00 bits per heavy atom. The van der Waals surface area contributed by atoms with E-state index in [0.29, 0.717) is 12.3 Å². The quantitative estimate of drug-likeness (QED) is 0.753. The number of hydrogen-bond donors (Lipinski definition) is 0. The Kier molecular flexibility index (Phi) is 5.95. The molecule has 1 aromatic carbocycles. The van der Waals surface area contributed by atoms with Crippen molar-refractivity contribution in [3.8, 4) is 0 Å². The average Bonchev–Trinajstić information content (AvgIpc) is 2.44. The number of carbonyl (C=O) groups is 1. The molecule has 2 rings (SSSR count). The molecule has 0 aromatic heterocycles. The van der Waals surface area contributed by atoms with Gasteiger partial charge in [0.2, 0.25) is 0 Å². The van der Waals surface area contributed by atoms with Crippen LogP contribution < -0.4 is 0 Å². The van der Waals surface area contributed by atoms with Crippen LogP contribution in [0.15, 0.2) is 18.2 Å². The Morgan fingerprint density at radius 3 is 2.67 bits per heavy atom. The van der Waals surface area contributed by atoms with Crippen LogP contribution in [-0.4, -0.2) is 44.0 Å². The van der Waals surface area contributed by atoms with Crippen LogP contribution in [0, 0.1) is 19.8 Å². The molecule has 0 N–H and O–H groups in total. The van der Waals surface area contributed by atoms with Crippen LogP contribution in [-0.2, 0) is 4.74 Å². The van der Waals surface area contributed by atoms with Gasteiger partial charge in [0, 0.05) is 32.2 Å². The van der Waals surface area contributed by atoms with E-state index in [4.69, 9.17) is 4.74 Å². The number of piperidine rings is 1. The summed E-state index contributed by atoms with van der Waals surface area (Å²) in [5.74, 6) is 0.885. The van der Waals surface area contributed by atoms with E-state index in [1.165, 1.54) is 12.8 Å². The fraction of sp³-hybridized carbons (Fsp3) is 0.611. The molecule has 0 amide bonds. The standard InChI is InChI=1S/C18H27NO2/c1-14-9-15(2)11-17(10-14)18(20)6-8-19-7-4-5-16(12-19)13-21-3/h9-11,16H,4-8,12-13H2,1-3H3. The number of ketones is 1. The normalized spacial score (nSPS) is 19.7. The van der Waals surface area contributed by atoms with Gasteiger partial charge in [-0.2, -0.15) is 0 Å². The van der Waals surface area contributed by atoms with Gasteiger partial charge >= 0.3 is 0 Å². The maximum absolute atomic E-state index is 12.3. The summed E-state index contributed by atoms with van der Waals surface area (Å²) < 4.78 is 5.26. The summed E-state index contributed by atoms with van der Waals surface area (Å²) in [5.41, 5.74) is 3.19. The Bertz CT molecular complexity index is 462. The molecule has 1 aromatic rings. The van der Waals surface area contributed by atoms with Crippen molar-refractivity contribution in [2.24, 2.45) is 5.92 Å². The largest absolute Gasteiger partial charge is 0.384 e. The van der Waals surface area contributed by atoms with E-state index >= 15 is 0 Å². The van der Waals surface area contributed by atoms with E-state index in [1.807, 2.05) is 26.0 Å². The van der Waals surface area contributed by atoms with E-state index in [9.17, 15) is 4.79 Å². The van der Waals surface area contributed by atoms with Crippen molar-refractivity contribution in [2.75, 3.05) is 33.4 Å². The van der Waals surface area contributed by atoms with Crippen LogP contribution in [0.3, 0.4) is 0 Å². The van der Waals surface area contributed by atoms with Gasteiger partial charge in [0.05, 0.1) is 6.61 Å². The van der Waals surface area contributed by atoms with Gasteiger partial charge in [0.15, 0.2) is 5.78 Å². The molecule has 0 aliphatic carbocycles. The smallest absolute Gasteiger partial charge is 0.164 e. The van der Waals surface area contributed by atoms with E-state index < -0.39 is 0 Å². The Labute approximate surface area is 128 Å². The fourth-order valence-corrected chi connectivity index (χ4v) is 3.27. The molecule has 1 saturated heterocycles. The van der Waals surface area contributed by atoms with Crippen LogP contribution in [0.1, 0.15) is 40.7 Å². The number of hydrogen-bond acceptors (Lipinski definition) is 3. The lowest BCUT2D eigenvalue weighted by molar-refractivity contribution is 0.0830. The van der Waals surface area contributed by atoms with E-state index in [2.05, 4.69) is 11.0 Å². The summed E-state index contributed by atoms with van der Waals surface area (Å²) in [7, 11) is 1.77. The minimum Gasteiger partial charge on any atom is -0.384 e. The zero-order valence-electron chi connectivity index (χ0n) is 13.5. The highest BCUT2D eigenvalue weighted by atomic mass is 16.5. The molecule has 1 aliphatic heterocycles. The lowest BCUT2D eigenvalue weighted by Gasteiger charge is -2.32. The number of methoxy groups -OCH3 is 1. The molecule has 0 bridgehead atoms. The highest BCUT2D eigenvalue weighted by Crippen LogP contribution is 2.17. The Morgan fingerprint density at radius 1 is 1.29 bits per heavy atom. The van der Waals surface area contributed by atoms with Crippen LogP contribution in [0.25, 0.3) is 0 Å². The maximum Gasteiger partial charge on any atom is 0.164 e. The van der Waals surface area contributed by atoms with Gasteiger partial charge in [-0.15, -0.1) is 0 Å². The maximum atomic E-state index is 12.3. The van der Waals surface area contributed by atoms with Crippen LogP contribution in [0.5, 0.6) is 0 Å². The van der Waals surface area contributed by atoms with Gasteiger partial charge in [-0.3, -0.25) is 4.79 Å². The molecule has 0 saturated carbocycles. The van der Waals surface area contributed by atoms with Gasteiger partial charge in [-0.1, -0.05) is 17.2 Å². The van der Waals surface area contributed by atoms with Gasteiger partial charge in [0.25, 0.3) is 0 Å². The molecule has 1 fully saturated rings. The van der Waals surface area contributed by atoms with Crippen molar-refractivity contribution in [1.82, 2.24) is 4.90 Å². The third-order valence-corrected chi connectivity index (χ3v) is 4.20. The van der Waals surface area contributed by atoms with E-state index in [-0.39, 0.29) is 5.78 Å². The third-order valence-electron chi connectivity index (χ3n) is 4.20. The minimum atomic E-state index is 0.260. The number of nitrogens with zero attached hydrogens (tertiary/aromatic N) is 1. The lowest BCUT2D eigenvalue weighted by Crippen LogP contribution is -2.38. The molecular weight excluding hydrogens is 262 g/mol. The molecule has 1 atom stereocenters. The molecule has 3 heteroatoms. The first-order valence-electron chi connectivity index (χ1n) is 7.91. The number of carbonyl (C=O) groups excluding carboxylic acids is 1. The Balaban J connectivity index is 1.86. The first kappa shape index (κ1) is 16.2. The number of aryl methyl sites for hydroxylation is 2. The van der Waals surface area contributed by atoms with Gasteiger partial charge < -0.3 is 9.64 Å². The predicted octanol–water partition coefficient (Wildman–Crippen LogP) is 3.23. The molecular formula is C18H27NO2. The molecule has 0 radical (unpaired) electrons. The lowest BCUT2D eigenvalue weighted by atomic mass is 9.98. The second kappa shape index (κ2) is 7.71. The third kappa shape index (κ3) is 4.94. The van der Waals surface area contributed by atoms with Gasteiger partial charge in [0.1, 0.15) is 0 Å². The van der Waals surface area contributed by atoms with Crippen LogP contribution in [0.4, 0.5) is 0 Å². The second-order valence-electron chi connectivity index (χ2n) is 6.31.